The summed E-state index contributed by atoms with van der Waals surface area (Å²) in [4.78, 5) is 11.1. The number of hydrogen-bond acceptors (Lipinski definition) is 4. The first-order chi connectivity index (χ1) is 13.7. The van der Waals surface area contributed by atoms with Crippen LogP contribution in [-0.2, 0) is 6.54 Å². The molecule has 6 nitrogen and oxygen atoms in total. The van der Waals surface area contributed by atoms with E-state index in [1.165, 1.54) is 18.9 Å². The summed E-state index contributed by atoms with van der Waals surface area (Å²) in [5.41, 5.74) is 1.08. The number of aliphatic imine (C=N–C) groups is 1. The molecule has 8 heteroatoms. The van der Waals surface area contributed by atoms with Crippen molar-refractivity contribution in [3.63, 3.8) is 0 Å². The van der Waals surface area contributed by atoms with Crippen molar-refractivity contribution < 1.29 is 9.13 Å². The third-order valence-corrected chi connectivity index (χ3v) is 4.64. The van der Waals surface area contributed by atoms with E-state index in [1.54, 1.807) is 25.2 Å². The SMILES string of the molecule is CN=C(NCc1ccc(N2CCCC2)nc1)NCC(C)Oc1ccccc1F.I. The first kappa shape index (κ1) is 23.2. The summed E-state index contributed by atoms with van der Waals surface area (Å²) in [6.45, 7) is 5.19. The molecule has 29 heavy (non-hydrogen) atoms. The number of nitrogens with zero attached hydrogens (tertiary/aromatic N) is 3. The normalized spacial score (nSPS) is 14.9. The maximum absolute atomic E-state index is 13.7. The van der Waals surface area contributed by atoms with E-state index in [4.69, 9.17) is 4.74 Å². The zero-order valence-electron chi connectivity index (χ0n) is 16.9. The number of para-hydroxylation sites is 1. The Labute approximate surface area is 189 Å². The second-order valence-corrected chi connectivity index (χ2v) is 6.88. The Balaban J connectivity index is 0.00000300. The van der Waals surface area contributed by atoms with Gasteiger partial charge in [-0.1, -0.05) is 18.2 Å². The van der Waals surface area contributed by atoms with Gasteiger partial charge < -0.3 is 20.3 Å². The van der Waals surface area contributed by atoms with Crippen molar-refractivity contribution in [2.24, 2.45) is 4.99 Å². The lowest BCUT2D eigenvalue weighted by atomic mass is 10.3. The molecular formula is C21H29FIN5O. The summed E-state index contributed by atoms with van der Waals surface area (Å²) in [6.07, 6.45) is 4.17. The fourth-order valence-electron chi connectivity index (χ4n) is 3.10. The van der Waals surface area contributed by atoms with E-state index in [-0.39, 0.29) is 41.6 Å². The van der Waals surface area contributed by atoms with Crippen LogP contribution < -0.4 is 20.3 Å². The van der Waals surface area contributed by atoms with Gasteiger partial charge in [0.05, 0.1) is 6.54 Å². The number of rotatable bonds is 7. The molecule has 0 amide bonds. The molecule has 158 valence electrons. The van der Waals surface area contributed by atoms with Gasteiger partial charge in [-0.15, -0.1) is 24.0 Å². The van der Waals surface area contributed by atoms with E-state index >= 15 is 0 Å². The van der Waals surface area contributed by atoms with Crippen LogP contribution in [0.1, 0.15) is 25.3 Å². The van der Waals surface area contributed by atoms with E-state index in [9.17, 15) is 4.39 Å². The average Bonchev–Trinajstić information content (AvgIpc) is 3.25. The van der Waals surface area contributed by atoms with Crippen LogP contribution in [0, 0.1) is 5.82 Å². The van der Waals surface area contributed by atoms with Crippen LogP contribution in [-0.4, -0.2) is 43.7 Å². The van der Waals surface area contributed by atoms with E-state index in [0.717, 1.165) is 24.5 Å². The minimum Gasteiger partial charge on any atom is -0.486 e. The number of ether oxygens (including phenoxy) is 1. The lowest BCUT2D eigenvalue weighted by molar-refractivity contribution is 0.214. The molecule has 2 aromatic rings. The van der Waals surface area contributed by atoms with Crippen molar-refractivity contribution in [1.29, 1.82) is 0 Å². The highest BCUT2D eigenvalue weighted by Gasteiger charge is 2.13. The van der Waals surface area contributed by atoms with Crippen molar-refractivity contribution in [2.75, 3.05) is 31.6 Å². The van der Waals surface area contributed by atoms with E-state index in [0.29, 0.717) is 19.0 Å². The Morgan fingerprint density at radius 3 is 2.62 bits per heavy atom. The lowest BCUT2D eigenvalue weighted by Crippen LogP contribution is -2.41. The molecule has 2 N–H and O–H groups in total. The molecule has 1 fully saturated rings. The molecule has 1 atom stereocenters. The number of halogens is 2. The largest absolute Gasteiger partial charge is 0.486 e. The van der Waals surface area contributed by atoms with Crippen molar-refractivity contribution in [3.8, 4) is 5.75 Å². The number of pyridine rings is 1. The fourth-order valence-corrected chi connectivity index (χ4v) is 3.10. The molecule has 3 rings (SSSR count). The second-order valence-electron chi connectivity index (χ2n) is 6.88. The molecule has 1 aromatic carbocycles. The molecule has 0 saturated carbocycles. The van der Waals surface area contributed by atoms with Crippen molar-refractivity contribution in [2.45, 2.75) is 32.4 Å². The van der Waals surface area contributed by atoms with Crippen LogP contribution in [0.2, 0.25) is 0 Å². The van der Waals surface area contributed by atoms with Gasteiger partial charge in [-0.2, -0.15) is 0 Å². The highest BCUT2D eigenvalue weighted by Crippen LogP contribution is 2.18. The molecular weight excluding hydrogens is 484 g/mol. The van der Waals surface area contributed by atoms with Crippen LogP contribution in [0.3, 0.4) is 0 Å². The van der Waals surface area contributed by atoms with Gasteiger partial charge in [0.1, 0.15) is 11.9 Å². The van der Waals surface area contributed by atoms with Gasteiger partial charge in [0.2, 0.25) is 0 Å². The summed E-state index contributed by atoms with van der Waals surface area (Å²) >= 11 is 0. The predicted octanol–water partition coefficient (Wildman–Crippen LogP) is 3.57. The van der Waals surface area contributed by atoms with Crippen LogP contribution in [0.5, 0.6) is 5.75 Å². The summed E-state index contributed by atoms with van der Waals surface area (Å²) in [5, 5.41) is 6.46. The summed E-state index contributed by atoms with van der Waals surface area (Å²) in [7, 11) is 1.71. The van der Waals surface area contributed by atoms with Crippen LogP contribution in [0.25, 0.3) is 0 Å². The van der Waals surface area contributed by atoms with Crippen LogP contribution >= 0.6 is 24.0 Å². The van der Waals surface area contributed by atoms with Crippen molar-refractivity contribution >= 4 is 35.8 Å². The number of anilines is 1. The molecule has 2 heterocycles. The van der Waals surface area contributed by atoms with Gasteiger partial charge in [0.15, 0.2) is 17.5 Å². The molecule has 0 radical (unpaired) electrons. The standard InChI is InChI=1S/C21H28FN5O.HI/c1-16(28-19-8-4-3-7-18(19)22)13-25-21(23-2)26-15-17-9-10-20(24-14-17)27-11-5-6-12-27;/h3-4,7-10,14,16H,5-6,11-13,15H2,1-2H3,(H2,23,25,26);1H. The lowest BCUT2D eigenvalue weighted by Gasteiger charge is -2.18. The second kappa shape index (κ2) is 11.8. The summed E-state index contributed by atoms with van der Waals surface area (Å²) in [6, 6.07) is 10.6. The molecule has 1 aliphatic heterocycles. The molecule has 1 aliphatic rings. The Morgan fingerprint density at radius 1 is 1.21 bits per heavy atom. The highest BCUT2D eigenvalue weighted by atomic mass is 127. The average molecular weight is 513 g/mol. The van der Waals surface area contributed by atoms with Gasteiger partial charge in [-0.3, -0.25) is 4.99 Å². The monoisotopic (exact) mass is 513 g/mol. The number of benzene rings is 1. The van der Waals surface area contributed by atoms with Gasteiger partial charge in [-0.25, -0.2) is 9.37 Å². The Bertz CT molecular complexity index is 781. The first-order valence-electron chi connectivity index (χ1n) is 9.71. The van der Waals surface area contributed by atoms with E-state index < -0.39 is 0 Å². The number of nitrogens with one attached hydrogen (secondary N) is 2. The quantitative estimate of drug-likeness (QED) is 0.337. The van der Waals surface area contributed by atoms with Gasteiger partial charge in [-0.05, 0) is 43.5 Å². The predicted molar refractivity (Wildman–Crippen MR) is 126 cm³/mol. The van der Waals surface area contributed by atoms with E-state index in [1.807, 2.05) is 13.1 Å². The molecule has 0 spiro atoms. The number of aromatic nitrogens is 1. The minimum atomic E-state index is -0.360. The Hall–Kier alpha value is -2.10. The van der Waals surface area contributed by atoms with E-state index in [2.05, 4.69) is 37.6 Å². The zero-order chi connectivity index (χ0) is 19.8. The smallest absolute Gasteiger partial charge is 0.191 e. The summed E-state index contributed by atoms with van der Waals surface area (Å²) in [5.74, 6) is 1.60. The first-order valence-corrected chi connectivity index (χ1v) is 9.71. The Kier molecular flexibility index (Phi) is 9.43. The zero-order valence-corrected chi connectivity index (χ0v) is 19.2. The third-order valence-electron chi connectivity index (χ3n) is 4.64. The number of hydrogen-bond donors (Lipinski definition) is 2. The molecule has 1 aromatic heterocycles. The molecule has 1 unspecified atom stereocenters. The minimum absolute atomic E-state index is 0. The van der Waals surface area contributed by atoms with Gasteiger partial charge in [0.25, 0.3) is 0 Å². The molecule has 0 aliphatic carbocycles. The maximum Gasteiger partial charge on any atom is 0.191 e. The third kappa shape index (κ3) is 7.02. The number of guanidine groups is 1. The van der Waals surface area contributed by atoms with Gasteiger partial charge >= 0.3 is 0 Å². The van der Waals surface area contributed by atoms with Crippen molar-refractivity contribution in [3.05, 3.63) is 54.0 Å². The van der Waals surface area contributed by atoms with Crippen molar-refractivity contribution in [1.82, 2.24) is 15.6 Å². The Morgan fingerprint density at radius 2 is 1.97 bits per heavy atom. The fraction of sp³-hybridized carbons (Fsp3) is 0.429. The van der Waals surface area contributed by atoms with Crippen LogP contribution in [0.4, 0.5) is 10.2 Å². The molecule has 1 saturated heterocycles. The van der Waals surface area contributed by atoms with Crippen LogP contribution in [0.15, 0.2) is 47.6 Å². The maximum atomic E-state index is 13.7. The molecule has 0 bridgehead atoms. The summed E-state index contributed by atoms with van der Waals surface area (Å²) < 4.78 is 19.3. The topological polar surface area (TPSA) is 61.8 Å². The van der Waals surface area contributed by atoms with Gasteiger partial charge in [0, 0.05) is 32.9 Å². The highest BCUT2D eigenvalue weighted by molar-refractivity contribution is 14.0.